The number of hydrogen-bond acceptors (Lipinski definition) is 11. The average Bonchev–Trinajstić information content (AvgIpc) is 3.37. The lowest BCUT2D eigenvalue weighted by Crippen LogP contribution is -2.61. The second-order valence-corrected chi connectivity index (χ2v) is 18.8. The van der Waals surface area contributed by atoms with Crippen molar-refractivity contribution in [3.05, 3.63) is 97.2 Å². The molecule has 414 valence electrons. The van der Waals surface area contributed by atoms with Crippen LogP contribution in [0.4, 0.5) is 0 Å². The molecule has 0 radical (unpaired) electrons. The van der Waals surface area contributed by atoms with Gasteiger partial charge in [-0.15, -0.1) is 0 Å². The summed E-state index contributed by atoms with van der Waals surface area (Å²) in [5.74, 6) is -3.22. The topological polar surface area (TPSA) is 175 Å². The predicted molar refractivity (Wildman–Crippen MR) is 294 cm³/mol. The number of allylic oxidation sites excluding steroid dienone is 16. The molecule has 0 saturated carbocycles. The van der Waals surface area contributed by atoms with E-state index in [0.717, 1.165) is 135 Å². The fourth-order valence-electron chi connectivity index (χ4n) is 7.78. The number of aliphatic hydroxyl groups is 2. The molecule has 0 aromatic rings. The average molecular weight is 1020 g/mol. The normalized spacial score (nSPS) is 19.1. The third kappa shape index (κ3) is 38.8. The van der Waals surface area contributed by atoms with Crippen molar-refractivity contribution in [1.82, 2.24) is 0 Å². The van der Waals surface area contributed by atoms with E-state index in [1.807, 2.05) is 0 Å². The van der Waals surface area contributed by atoms with Crippen molar-refractivity contribution in [3.8, 4) is 0 Å². The van der Waals surface area contributed by atoms with E-state index in [4.69, 9.17) is 23.7 Å². The molecule has 1 fully saturated rings. The van der Waals surface area contributed by atoms with Gasteiger partial charge < -0.3 is 39.0 Å². The number of hydrogen-bond donors (Lipinski definition) is 3. The molecular formula is C61H98O12. The number of rotatable bonds is 46. The highest BCUT2D eigenvalue weighted by molar-refractivity contribution is 5.74. The van der Waals surface area contributed by atoms with Crippen LogP contribution in [0.25, 0.3) is 0 Å². The first kappa shape index (κ1) is 66.7. The zero-order valence-electron chi connectivity index (χ0n) is 45.3. The number of carbonyl (C=O) groups is 4. The molecule has 1 aliphatic rings. The van der Waals surface area contributed by atoms with Crippen LogP contribution in [0.1, 0.15) is 213 Å². The molecule has 1 aliphatic heterocycles. The fraction of sp³-hybridized carbons (Fsp3) is 0.672. The summed E-state index contributed by atoms with van der Waals surface area (Å²) < 4.78 is 28.3. The van der Waals surface area contributed by atoms with Crippen molar-refractivity contribution in [2.45, 2.75) is 250 Å². The van der Waals surface area contributed by atoms with Gasteiger partial charge in [-0.3, -0.25) is 14.4 Å². The first-order valence-corrected chi connectivity index (χ1v) is 28.2. The Bertz CT molecular complexity index is 1640. The van der Waals surface area contributed by atoms with Gasteiger partial charge in [0, 0.05) is 19.3 Å². The first-order valence-electron chi connectivity index (χ1n) is 28.2. The van der Waals surface area contributed by atoms with Gasteiger partial charge in [-0.05, 0) is 116 Å². The molecule has 1 saturated heterocycles. The minimum Gasteiger partial charge on any atom is -0.479 e. The van der Waals surface area contributed by atoms with E-state index in [1.54, 1.807) is 0 Å². The summed E-state index contributed by atoms with van der Waals surface area (Å²) in [5.41, 5.74) is 0. The number of carboxylic acid groups (broad SMARTS) is 1. The predicted octanol–water partition coefficient (Wildman–Crippen LogP) is 14.1. The second-order valence-electron chi connectivity index (χ2n) is 18.8. The summed E-state index contributed by atoms with van der Waals surface area (Å²) in [4.78, 5) is 51.0. The van der Waals surface area contributed by atoms with E-state index in [0.29, 0.717) is 19.3 Å². The van der Waals surface area contributed by atoms with Crippen molar-refractivity contribution in [1.29, 1.82) is 0 Å². The molecule has 6 atom stereocenters. The van der Waals surface area contributed by atoms with Crippen LogP contribution in [0.15, 0.2) is 97.2 Å². The number of aliphatic carboxylic acids is 1. The monoisotopic (exact) mass is 1020 g/mol. The summed E-state index contributed by atoms with van der Waals surface area (Å²) in [6.07, 6.45) is 51.0. The van der Waals surface area contributed by atoms with Gasteiger partial charge in [0.2, 0.25) is 0 Å². The fourth-order valence-corrected chi connectivity index (χ4v) is 7.78. The van der Waals surface area contributed by atoms with Crippen LogP contribution in [0.3, 0.4) is 0 Å². The molecule has 6 unspecified atom stereocenters. The summed E-state index contributed by atoms with van der Waals surface area (Å²) in [7, 11) is 0. The number of esters is 3. The molecule has 12 nitrogen and oxygen atoms in total. The maximum atomic E-state index is 13.1. The van der Waals surface area contributed by atoms with Gasteiger partial charge in [0.25, 0.3) is 0 Å². The maximum absolute atomic E-state index is 13.1. The molecule has 0 amide bonds. The van der Waals surface area contributed by atoms with E-state index in [2.05, 4.69) is 118 Å². The third-order valence-corrected chi connectivity index (χ3v) is 12.1. The van der Waals surface area contributed by atoms with Gasteiger partial charge in [0.05, 0.1) is 6.61 Å². The Kier molecular flexibility index (Phi) is 44.4. The molecular weight excluding hydrogens is 925 g/mol. The highest BCUT2D eigenvalue weighted by atomic mass is 16.7. The molecule has 1 heterocycles. The summed E-state index contributed by atoms with van der Waals surface area (Å²) >= 11 is 0. The van der Waals surface area contributed by atoms with Gasteiger partial charge in [0.15, 0.2) is 24.6 Å². The lowest BCUT2D eigenvalue weighted by Gasteiger charge is -2.40. The molecule has 1 rings (SSSR count). The Balaban J connectivity index is 2.76. The first-order chi connectivity index (χ1) is 35.6. The van der Waals surface area contributed by atoms with Crippen LogP contribution in [0.2, 0.25) is 0 Å². The Morgan fingerprint density at radius 2 is 0.890 bits per heavy atom. The van der Waals surface area contributed by atoms with Gasteiger partial charge >= 0.3 is 23.9 Å². The van der Waals surface area contributed by atoms with Crippen molar-refractivity contribution in [2.75, 3.05) is 13.2 Å². The Morgan fingerprint density at radius 3 is 1.40 bits per heavy atom. The summed E-state index contributed by atoms with van der Waals surface area (Å²) in [6.45, 7) is 5.71. The van der Waals surface area contributed by atoms with Crippen LogP contribution in [0.5, 0.6) is 0 Å². The summed E-state index contributed by atoms with van der Waals surface area (Å²) in [5, 5.41) is 31.4. The molecule has 0 bridgehead atoms. The Labute approximate surface area is 441 Å². The van der Waals surface area contributed by atoms with E-state index in [1.165, 1.54) is 19.3 Å². The highest BCUT2D eigenvalue weighted by Gasteiger charge is 2.50. The van der Waals surface area contributed by atoms with Crippen molar-refractivity contribution >= 4 is 23.9 Å². The molecule has 12 heteroatoms. The largest absolute Gasteiger partial charge is 0.479 e. The zero-order chi connectivity index (χ0) is 53.3. The van der Waals surface area contributed by atoms with E-state index in [-0.39, 0.29) is 25.9 Å². The van der Waals surface area contributed by atoms with Crippen molar-refractivity contribution < 1.29 is 58.2 Å². The van der Waals surface area contributed by atoms with Crippen molar-refractivity contribution in [2.24, 2.45) is 0 Å². The van der Waals surface area contributed by atoms with Gasteiger partial charge in [0.1, 0.15) is 18.8 Å². The molecule has 0 aromatic carbocycles. The van der Waals surface area contributed by atoms with E-state index >= 15 is 0 Å². The Hall–Kier alpha value is -4.36. The lowest BCUT2D eigenvalue weighted by molar-refractivity contribution is -0.301. The smallest absolute Gasteiger partial charge is 0.335 e. The van der Waals surface area contributed by atoms with Crippen molar-refractivity contribution in [3.63, 3.8) is 0 Å². The quantitative estimate of drug-likeness (QED) is 0.0228. The standard InChI is InChI=1S/C61H98O12/c1-4-7-10-13-16-19-22-25-27-30-32-35-38-41-44-47-53(62)69-50-52(71-54(63)48-45-42-39-36-33-29-24-21-18-15-12-9-6-3)51-70-61-59(57(66)56(65)58(73-61)60(67)68)72-55(64)49-46-43-40-37-34-31-28-26-23-20-17-14-11-8-5-2/h7,10,12,15-17,19-21,24-28,32,35,52,56-59,61,65-66H,4-6,8-9,11,13-14,18,22-23,29-31,33-34,36-51H2,1-3H3,(H,67,68)/b10-7-,15-12-,19-16-,20-17-,24-21-,27-25-,28-26-,35-32-. The minimum absolute atomic E-state index is 0.0343. The molecule has 0 aromatic heterocycles. The number of carbonyl (C=O) groups excluding carboxylic acids is 3. The lowest BCUT2D eigenvalue weighted by atomic mass is 9.98. The minimum atomic E-state index is -1.92. The van der Waals surface area contributed by atoms with Crippen LogP contribution < -0.4 is 0 Å². The third-order valence-electron chi connectivity index (χ3n) is 12.1. The maximum Gasteiger partial charge on any atom is 0.335 e. The number of carboxylic acids is 1. The molecule has 0 aliphatic carbocycles. The van der Waals surface area contributed by atoms with Gasteiger partial charge in [-0.2, -0.15) is 0 Å². The number of unbranched alkanes of at least 4 members (excludes halogenated alkanes) is 16. The van der Waals surface area contributed by atoms with Crippen LogP contribution in [-0.2, 0) is 42.9 Å². The van der Waals surface area contributed by atoms with Gasteiger partial charge in [-0.25, -0.2) is 4.79 Å². The SMILES string of the molecule is CC/C=C\C/C=C\C/C=C\C/C=C\CCCCC(=O)OCC(COC1OC(C(=O)O)C(O)C(O)C1OC(=O)CCCCCCC/C=C\C/C=C\CCCCC)OC(=O)CCCCCCC/C=C\C/C=C\CCC. The molecule has 73 heavy (non-hydrogen) atoms. The van der Waals surface area contributed by atoms with E-state index in [9.17, 15) is 34.5 Å². The van der Waals surface area contributed by atoms with E-state index < -0.39 is 67.3 Å². The number of ether oxygens (including phenoxy) is 5. The van der Waals surface area contributed by atoms with Crippen LogP contribution in [-0.4, -0.2) is 89.2 Å². The molecule has 3 N–H and O–H groups in total. The van der Waals surface area contributed by atoms with Crippen LogP contribution >= 0.6 is 0 Å². The van der Waals surface area contributed by atoms with Crippen LogP contribution in [0, 0.1) is 0 Å². The van der Waals surface area contributed by atoms with Gasteiger partial charge in [-0.1, -0.05) is 176 Å². The Morgan fingerprint density at radius 1 is 0.466 bits per heavy atom. The zero-order valence-corrected chi connectivity index (χ0v) is 45.3. The molecule has 0 spiro atoms. The summed E-state index contributed by atoms with van der Waals surface area (Å²) in [6, 6.07) is 0. The number of aliphatic hydroxyl groups excluding tert-OH is 2. The second kappa shape index (κ2) is 48.6. The highest BCUT2D eigenvalue weighted by Crippen LogP contribution is 2.26.